The summed E-state index contributed by atoms with van der Waals surface area (Å²) in [6.07, 6.45) is 10.6. The standard InChI is InChI=1S/C7H9N/c8-6-7-4-2-1-3-5-7/h1-4,6-8H,5H2. The number of hydrogen-bond acceptors (Lipinski definition) is 1. The summed E-state index contributed by atoms with van der Waals surface area (Å²) in [7, 11) is 0. The van der Waals surface area contributed by atoms with E-state index >= 15 is 0 Å². The van der Waals surface area contributed by atoms with Crippen LogP contribution in [-0.4, -0.2) is 6.21 Å². The Balaban J connectivity index is 2.51. The molecule has 0 heterocycles. The molecule has 1 aliphatic carbocycles. The monoisotopic (exact) mass is 107 g/mol. The average molecular weight is 107 g/mol. The summed E-state index contributed by atoms with van der Waals surface area (Å²) in [6.45, 7) is 0. The minimum Gasteiger partial charge on any atom is -0.312 e. The number of rotatable bonds is 1. The van der Waals surface area contributed by atoms with E-state index in [1.807, 2.05) is 18.2 Å². The molecule has 1 unspecified atom stereocenters. The van der Waals surface area contributed by atoms with Crippen molar-refractivity contribution < 1.29 is 0 Å². The normalized spacial score (nSPS) is 25.8. The maximum atomic E-state index is 6.89. The molecule has 1 N–H and O–H groups in total. The van der Waals surface area contributed by atoms with Crippen molar-refractivity contribution in [3.8, 4) is 0 Å². The van der Waals surface area contributed by atoms with Crippen LogP contribution in [0.5, 0.6) is 0 Å². The molecule has 0 spiro atoms. The van der Waals surface area contributed by atoms with Gasteiger partial charge in [-0.25, -0.2) is 0 Å². The van der Waals surface area contributed by atoms with E-state index in [1.54, 1.807) is 0 Å². The second-order valence-electron chi connectivity index (χ2n) is 1.88. The molecule has 1 rings (SSSR count). The Morgan fingerprint density at radius 1 is 1.50 bits per heavy atom. The summed E-state index contributed by atoms with van der Waals surface area (Å²) in [5.41, 5.74) is 0. The van der Waals surface area contributed by atoms with Crippen molar-refractivity contribution in [1.29, 1.82) is 5.41 Å². The van der Waals surface area contributed by atoms with E-state index in [2.05, 4.69) is 6.08 Å². The Bertz CT molecular complexity index is 133. The molecule has 0 radical (unpaired) electrons. The van der Waals surface area contributed by atoms with E-state index < -0.39 is 0 Å². The maximum absolute atomic E-state index is 6.89. The molecule has 1 heteroatoms. The highest BCUT2D eigenvalue weighted by Gasteiger charge is 1.97. The number of nitrogens with one attached hydrogen (secondary N) is 1. The lowest BCUT2D eigenvalue weighted by molar-refractivity contribution is 0.883. The lowest BCUT2D eigenvalue weighted by Gasteiger charge is -2.03. The molecule has 0 aromatic carbocycles. The summed E-state index contributed by atoms with van der Waals surface area (Å²) in [5.74, 6) is 0.361. The van der Waals surface area contributed by atoms with Gasteiger partial charge in [0, 0.05) is 12.1 Å². The highest BCUT2D eigenvalue weighted by atomic mass is 14.3. The summed E-state index contributed by atoms with van der Waals surface area (Å²) >= 11 is 0. The van der Waals surface area contributed by atoms with Crippen molar-refractivity contribution in [2.45, 2.75) is 6.42 Å². The Morgan fingerprint density at radius 3 is 2.75 bits per heavy atom. The Hall–Kier alpha value is -0.850. The Kier molecular flexibility index (Phi) is 1.62. The molecule has 1 atom stereocenters. The van der Waals surface area contributed by atoms with Crippen LogP contribution in [0.15, 0.2) is 24.3 Å². The van der Waals surface area contributed by atoms with Crippen LogP contribution >= 0.6 is 0 Å². The molecule has 0 saturated heterocycles. The zero-order valence-corrected chi connectivity index (χ0v) is 4.67. The third-order valence-corrected chi connectivity index (χ3v) is 1.23. The third kappa shape index (κ3) is 1.06. The Morgan fingerprint density at radius 2 is 2.38 bits per heavy atom. The minimum absolute atomic E-state index is 0.361. The van der Waals surface area contributed by atoms with Gasteiger partial charge in [0.05, 0.1) is 0 Å². The van der Waals surface area contributed by atoms with Crippen LogP contribution in [0.1, 0.15) is 6.42 Å². The van der Waals surface area contributed by atoms with Gasteiger partial charge in [0.25, 0.3) is 0 Å². The first kappa shape index (κ1) is 5.29. The largest absolute Gasteiger partial charge is 0.312 e. The van der Waals surface area contributed by atoms with E-state index in [0.29, 0.717) is 5.92 Å². The van der Waals surface area contributed by atoms with Gasteiger partial charge in [-0.15, -0.1) is 0 Å². The minimum atomic E-state index is 0.361. The molecule has 42 valence electrons. The summed E-state index contributed by atoms with van der Waals surface area (Å²) in [6, 6.07) is 0. The number of hydrogen-bond donors (Lipinski definition) is 1. The summed E-state index contributed by atoms with van der Waals surface area (Å²) in [5, 5.41) is 6.89. The van der Waals surface area contributed by atoms with Gasteiger partial charge in [-0.3, -0.25) is 0 Å². The smallest absolute Gasteiger partial charge is 0.0152 e. The molecule has 8 heavy (non-hydrogen) atoms. The average Bonchev–Trinajstić information content (AvgIpc) is 1.90. The van der Waals surface area contributed by atoms with Gasteiger partial charge < -0.3 is 5.41 Å². The van der Waals surface area contributed by atoms with Crippen LogP contribution in [0.25, 0.3) is 0 Å². The molecule has 1 nitrogen and oxygen atoms in total. The van der Waals surface area contributed by atoms with Crippen LogP contribution in [0.4, 0.5) is 0 Å². The molecule has 0 bridgehead atoms. The molecule has 0 aromatic rings. The van der Waals surface area contributed by atoms with Gasteiger partial charge in [-0.2, -0.15) is 0 Å². The summed E-state index contributed by atoms with van der Waals surface area (Å²) < 4.78 is 0. The number of allylic oxidation sites excluding steroid dienone is 4. The van der Waals surface area contributed by atoms with Crippen LogP contribution in [0, 0.1) is 11.3 Å². The first-order valence-corrected chi connectivity index (χ1v) is 2.77. The van der Waals surface area contributed by atoms with Crippen molar-refractivity contribution in [2.24, 2.45) is 5.92 Å². The highest BCUT2D eigenvalue weighted by Crippen LogP contribution is 2.07. The fourth-order valence-corrected chi connectivity index (χ4v) is 0.723. The lowest BCUT2D eigenvalue weighted by Crippen LogP contribution is -1.96. The molecule has 0 aromatic heterocycles. The predicted octanol–water partition coefficient (Wildman–Crippen LogP) is 1.77. The van der Waals surface area contributed by atoms with Gasteiger partial charge in [-0.05, 0) is 6.42 Å². The van der Waals surface area contributed by atoms with Gasteiger partial charge in [0.15, 0.2) is 0 Å². The molecular weight excluding hydrogens is 98.1 g/mol. The molecule has 0 amide bonds. The van der Waals surface area contributed by atoms with Crippen molar-refractivity contribution in [3.05, 3.63) is 24.3 Å². The second kappa shape index (κ2) is 2.46. The van der Waals surface area contributed by atoms with Crippen molar-refractivity contribution >= 4 is 6.21 Å². The maximum Gasteiger partial charge on any atom is 0.0152 e. The fourth-order valence-electron chi connectivity index (χ4n) is 0.723. The van der Waals surface area contributed by atoms with Crippen LogP contribution in [0.2, 0.25) is 0 Å². The quantitative estimate of drug-likeness (QED) is 0.494. The van der Waals surface area contributed by atoms with Crippen molar-refractivity contribution in [1.82, 2.24) is 0 Å². The highest BCUT2D eigenvalue weighted by molar-refractivity contribution is 5.60. The molecule has 1 aliphatic rings. The van der Waals surface area contributed by atoms with Gasteiger partial charge in [0.2, 0.25) is 0 Å². The van der Waals surface area contributed by atoms with Crippen molar-refractivity contribution in [2.75, 3.05) is 0 Å². The van der Waals surface area contributed by atoms with E-state index in [4.69, 9.17) is 5.41 Å². The topological polar surface area (TPSA) is 23.9 Å². The first-order chi connectivity index (χ1) is 3.93. The van der Waals surface area contributed by atoms with Crippen LogP contribution < -0.4 is 0 Å². The van der Waals surface area contributed by atoms with Crippen molar-refractivity contribution in [3.63, 3.8) is 0 Å². The van der Waals surface area contributed by atoms with E-state index in [-0.39, 0.29) is 0 Å². The van der Waals surface area contributed by atoms with E-state index in [0.717, 1.165) is 6.42 Å². The van der Waals surface area contributed by atoms with E-state index in [1.165, 1.54) is 6.21 Å². The molecule has 0 aliphatic heterocycles. The zero-order chi connectivity index (χ0) is 5.82. The molecular formula is C7H9N. The lowest BCUT2D eigenvalue weighted by atomic mass is 10.0. The molecule has 0 saturated carbocycles. The van der Waals surface area contributed by atoms with Crippen LogP contribution in [0.3, 0.4) is 0 Å². The zero-order valence-electron chi connectivity index (χ0n) is 4.67. The second-order valence-corrected chi connectivity index (χ2v) is 1.88. The first-order valence-electron chi connectivity index (χ1n) is 2.77. The van der Waals surface area contributed by atoms with Gasteiger partial charge in [-0.1, -0.05) is 24.3 Å². The van der Waals surface area contributed by atoms with E-state index in [9.17, 15) is 0 Å². The fraction of sp³-hybridized carbons (Fsp3) is 0.286. The molecule has 0 fully saturated rings. The van der Waals surface area contributed by atoms with Gasteiger partial charge in [0.1, 0.15) is 0 Å². The SMILES string of the molecule is N=CC1C=CC=CC1. The summed E-state index contributed by atoms with van der Waals surface area (Å²) in [4.78, 5) is 0. The van der Waals surface area contributed by atoms with Crippen LogP contribution in [-0.2, 0) is 0 Å². The van der Waals surface area contributed by atoms with Gasteiger partial charge >= 0.3 is 0 Å². The predicted molar refractivity (Wildman–Crippen MR) is 35.2 cm³/mol. The third-order valence-electron chi connectivity index (χ3n) is 1.23. The Labute approximate surface area is 49.2 Å².